The largest absolute Gasteiger partial charge is 0.481 e. The number of carboxylic acids is 1. The molecule has 1 rings (SSSR count). The highest BCUT2D eigenvalue weighted by molar-refractivity contribution is 5.76. The van der Waals surface area contributed by atoms with Crippen molar-refractivity contribution in [2.24, 2.45) is 0 Å². The minimum Gasteiger partial charge on any atom is -0.481 e. The summed E-state index contributed by atoms with van der Waals surface area (Å²) in [5.74, 6) is -1.28. The first-order valence-electron chi connectivity index (χ1n) is 6.85. The van der Waals surface area contributed by atoms with Gasteiger partial charge in [-0.3, -0.25) is 4.79 Å². The summed E-state index contributed by atoms with van der Waals surface area (Å²) in [7, 11) is 0. The number of hydrogen-bond acceptors (Lipinski definition) is 3. The number of aliphatic carboxylic acids is 1. The van der Waals surface area contributed by atoms with Crippen LogP contribution < -0.4 is 5.32 Å². The third kappa shape index (κ3) is 6.36. The van der Waals surface area contributed by atoms with Gasteiger partial charge < -0.3 is 15.5 Å². The van der Waals surface area contributed by atoms with E-state index in [-0.39, 0.29) is 6.61 Å². The summed E-state index contributed by atoms with van der Waals surface area (Å²) >= 11 is 0. The van der Waals surface area contributed by atoms with Crippen molar-refractivity contribution in [2.45, 2.75) is 31.6 Å². The molecular weight excluding hydrogens is 242 g/mol. The second-order valence-corrected chi connectivity index (χ2v) is 4.64. The fourth-order valence-corrected chi connectivity index (χ4v) is 1.99. The molecule has 0 saturated carbocycles. The van der Waals surface area contributed by atoms with E-state index < -0.39 is 11.9 Å². The van der Waals surface area contributed by atoms with Gasteiger partial charge in [0.2, 0.25) is 0 Å². The molecule has 0 spiro atoms. The first-order valence-corrected chi connectivity index (χ1v) is 6.85. The Balaban J connectivity index is 2.26. The van der Waals surface area contributed by atoms with Crippen LogP contribution in [-0.4, -0.2) is 35.9 Å². The molecule has 0 fully saturated rings. The van der Waals surface area contributed by atoms with E-state index in [4.69, 9.17) is 5.11 Å². The molecule has 3 N–H and O–H groups in total. The molecule has 4 nitrogen and oxygen atoms in total. The predicted molar refractivity (Wildman–Crippen MR) is 75.2 cm³/mol. The number of nitrogens with one attached hydrogen (secondary N) is 1. The standard InChI is InChI=1S/C15H23NO3/c17-11-7-2-1-6-10-16-12-14(15(18)19)13-8-4-3-5-9-13/h3-5,8-9,14,16-17H,1-2,6-7,10-12H2,(H,18,19). The summed E-state index contributed by atoms with van der Waals surface area (Å²) in [5.41, 5.74) is 0.836. The molecule has 0 aromatic heterocycles. The van der Waals surface area contributed by atoms with Crippen molar-refractivity contribution >= 4 is 5.97 Å². The van der Waals surface area contributed by atoms with E-state index in [9.17, 15) is 9.90 Å². The monoisotopic (exact) mass is 265 g/mol. The van der Waals surface area contributed by atoms with Crippen LogP contribution in [-0.2, 0) is 4.79 Å². The van der Waals surface area contributed by atoms with Crippen LogP contribution in [0.3, 0.4) is 0 Å². The van der Waals surface area contributed by atoms with Gasteiger partial charge in [-0.05, 0) is 24.9 Å². The number of aliphatic hydroxyl groups is 1. The summed E-state index contributed by atoms with van der Waals surface area (Å²) in [6, 6.07) is 9.31. The summed E-state index contributed by atoms with van der Waals surface area (Å²) in [6.07, 6.45) is 3.96. The van der Waals surface area contributed by atoms with Crippen molar-refractivity contribution in [1.82, 2.24) is 5.32 Å². The van der Waals surface area contributed by atoms with Gasteiger partial charge in [0.1, 0.15) is 0 Å². The lowest BCUT2D eigenvalue weighted by atomic mass is 9.99. The molecule has 4 heteroatoms. The maximum Gasteiger partial charge on any atom is 0.312 e. The van der Waals surface area contributed by atoms with Gasteiger partial charge in [0.25, 0.3) is 0 Å². The zero-order valence-electron chi connectivity index (χ0n) is 11.2. The Morgan fingerprint density at radius 2 is 1.79 bits per heavy atom. The summed E-state index contributed by atoms with van der Waals surface area (Å²) < 4.78 is 0. The van der Waals surface area contributed by atoms with E-state index in [1.54, 1.807) is 0 Å². The summed E-state index contributed by atoms with van der Waals surface area (Å²) in [4.78, 5) is 11.2. The second kappa shape index (κ2) is 9.53. The molecule has 0 aliphatic heterocycles. The van der Waals surface area contributed by atoms with E-state index >= 15 is 0 Å². The van der Waals surface area contributed by atoms with Crippen LogP contribution in [0.5, 0.6) is 0 Å². The molecule has 0 saturated heterocycles. The summed E-state index contributed by atoms with van der Waals surface area (Å²) in [5, 5.41) is 21.1. The highest BCUT2D eigenvalue weighted by Crippen LogP contribution is 2.14. The molecule has 0 aliphatic carbocycles. The SMILES string of the molecule is O=C(O)C(CNCCCCCCO)c1ccccc1. The number of unbranched alkanes of at least 4 members (excludes halogenated alkanes) is 3. The Hall–Kier alpha value is -1.39. The van der Waals surface area contributed by atoms with E-state index in [0.717, 1.165) is 37.8 Å². The number of aliphatic hydroxyl groups excluding tert-OH is 1. The van der Waals surface area contributed by atoms with Crippen LogP contribution in [0.15, 0.2) is 30.3 Å². The molecule has 1 aromatic carbocycles. The number of benzene rings is 1. The van der Waals surface area contributed by atoms with E-state index in [2.05, 4.69) is 5.32 Å². The van der Waals surface area contributed by atoms with Crippen LogP contribution in [0.4, 0.5) is 0 Å². The molecular formula is C15H23NO3. The van der Waals surface area contributed by atoms with Crippen LogP contribution >= 0.6 is 0 Å². The lowest BCUT2D eigenvalue weighted by Crippen LogP contribution is -2.27. The minimum absolute atomic E-state index is 0.253. The first kappa shape index (κ1) is 15.7. The molecule has 1 aromatic rings. The Kier molecular flexibility index (Phi) is 7.86. The van der Waals surface area contributed by atoms with Gasteiger partial charge in [-0.15, -0.1) is 0 Å². The van der Waals surface area contributed by atoms with Gasteiger partial charge >= 0.3 is 5.97 Å². The molecule has 106 valence electrons. The third-order valence-electron chi connectivity index (χ3n) is 3.11. The van der Waals surface area contributed by atoms with Crippen LogP contribution in [0.1, 0.15) is 37.2 Å². The van der Waals surface area contributed by atoms with Crippen molar-refractivity contribution in [2.75, 3.05) is 19.7 Å². The van der Waals surface area contributed by atoms with Crippen molar-refractivity contribution in [1.29, 1.82) is 0 Å². The van der Waals surface area contributed by atoms with Gasteiger partial charge in [-0.25, -0.2) is 0 Å². The van der Waals surface area contributed by atoms with Crippen LogP contribution in [0, 0.1) is 0 Å². The van der Waals surface area contributed by atoms with Crippen LogP contribution in [0.25, 0.3) is 0 Å². The molecule has 0 radical (unpaired) electrons. The van der Waals surface area contributed by atoms with E-state index in [1.165, 1.54) is 0 Å². The first-order chi connectivity index (χ1) is 9.25. The van der Waals surface area contributed by atoms with Crippen molar-refractivity contribution in [3.05, 3.63) is 35.9 Å². The normalized spacial score (nSPS) is 12.3. The van der Waals surface area contributed by atoms with Gasteiger partial charge in [-0.1, -0.05) is 43.2 Å². The average Bonchev–Trinajstić information content (AvgIpc) is 2.42. The molecule has 0 aliphatic rings. The molecule has 1 atom stereocenters. The fourth-order valence-electron chi connectivity index (χ4n) is 1.99. The highest BCUT2D eigenvalue weighted by atomic mass is 16.4. The Labute approximate surface area is 114 Å². The van der Waals surface area contributed by atoms with Gasteiger partial charge in [0, 0.05) is 13.2 Å². The molecule has 19 heavy (non-hydrogen) atoms. The zero-order chi connectivity index (χ0) is 13.9. The average molecular weight is 265 g/mol. The van der Waals surface area contributed by atoms with Crippen LogP contribution in [0.2, 0.25) is 0 Å². The Bertz CT molecular complexity index is 354. The van der Waals surface area contributed by atoms with E-state index in [1.807, 2.05) is 30.3 Å². The number of rotatable bonds is 10. The van der Waals surface area contributed by atoms with Gasteiger partial charge in [-0.2, -0.15) is 0 Å². The lowest BCUT2D eigenvalue weighted by Gasteiger charge is -2.13. The Morgan fingerprint density at radius 1 is 1.11 bits per heavy atom. The van der Waals surface area contributed by atoms with Gasteiger partial charge in [0.05, 0.1) is 5.92 Å². The Morgan fingerprint density at radius 3 is 2.42 bits per heavy atom. The predicted octanol–water partition coefficient (Wildman–Crippen LogP) is 2.00. The fraction of sp³-hybridized carbons (Fsp3) is 0.533. The smallest absolute Gasteiger partial charge is 0.312 e. The summed E-state index contributed by atoms with van der Waals surface area (Å²) in [6.45, 7) is 1.53. The van der Waals surface area contributed by atoms with E-state index in [0.29, 0.717) is 6.54 Å². The quantitative estimate of drug-likeness (QED) is 0.566. The number of carbonyl (C=O) groups is 1. The van der Waals surface area contributed by atoms with Gasteiger partial charge in [0.15, 0.2) is 0 Å². The van der Waals surface area contributed by atoms with Crippen molar-refractivity contribution < 1.29 is 15.0 Å². The lowest BCUT2D eigenvalue weighted by molar-refractivity contribution is -0.138. The maximum absolute atomic E-state index is 11.2. The molecule has 1 unspecified atom stereocenters. The topological polar surface area (TPSA) is 69.6 Å². The molecule has 0 bridgehead atoms. The second-order valence-electron chi connectivity index (χ2n) is 4.64. The highest BCUT2D eigenvalue weighted by Gasteiger charge is 2.18. The maximum atomic E-state index is 11.2. The van der Waals surface area contributed by atoms with Crippen molar-refractivity contribution in [3.63, 3.8) is 0 Å². The molecule has 0 amide bonds. The van der Waals surface area contributed by atoms with Crippen molar-refractivity contribution in [3.8, 4) is 0 Å². The minimum atomic E-state index is -0.793. The number of carboxylic acid groups (broad SMARTS) is 1. The number of hydrogen-bond donors (Lipinski definition) is 3. The zero-order valence-corrected chi connectivity index (χ0v) is 11.2. The molecule has 0 heterocycles. The third-order valence-corrected chi connectivity index (χ3v) is 3.11.